The molecule has 1 amide bonds. The maximum Gasteiger partial charge on any atom is 0.221 e. The van der Waals surface area contributed by atoms with Crippen LogP contribution in [-0.4, -0.2) is 26.1 Å². The predicted octanol–water partition coefficient (Wildman–Crippen LogP) is 2.25. The van der Waals surface area contributed by atoms with E-state index in [1.165, 1.54) is 19.8 Å². The van der Waals surface area contributed by atoms with E-state index in [1.807, 2.05) is 18.2 Å². The van der Waals surface area contributed by atoms with Crippen LogP contribution in [0.4, 0.5) is 11.4 Å². The Morgan fingerprint density at radius 3 is 2.65 bits per heavy atom. The summed E-state index contributed by atoms with van der Waals surface area (Å²) in [7, 11) is 1.63. The van der Waals surface area contributed by atoms with Crippen molar-refractivity contribution in [1.82, 2.24) is 0 Å². The summed E-state index contributed by atoms with van der Waals surface area (Å²) in [4.78, 5) is 13.5. The minimum atomic E-state index is -0.0568. The second kappa shape index (κ2) is 5.08. The van der Waals surface area contributed by atoms with Gasteiger partial charge in [0.2, 0.25) is 5.91 Å². The lowest BCUT2D eigenvalue weighted by atomic mass is 10.2. The van der Waals surface area contributed by atoms with Crippen molar-refractivity contribution in [3.05, 3.63) is 18.2 Å². The molecule has 1 aromatic carbocycles. The zero-order valence-electron chi connectivity index (χ0n) is 10.3. The molecule has 92 valence electrons. The largest absolute Gasteiger partial charge is 0.497 e. The Hall–Kier alpha value is -1.71. The van der Waals surface area contributed by atoms with Crippen LogP contribution in [0.3, 0.4) is 0 Å². The van der Waals surface area contributed by atoms with Crippen LogP contribution in [0.5, 0.6) is 5.75 Å². The van der Waals surface area contributed by atoms with Crippen LogP contribution in [0.15, 0.2) is 18.2 Å². The second-order valence-electron chi connectivity index (χ2n) is 4.26. The Kier molecular flexibility index (Phi) is 3.52. The molecule has 0 aliphatic carbocycles. The van der Waals surface area contributed by atoms with Gasteiger partial charge in [0.15, 0.2) is 0 Å². The Labute approximate surface area is 102 Å². The molecule has 0 atom stereocenters. The highest BCUT2D eigenvalue weighted by molar-refractivity contribution is 5.93. The van der Waals surface area contributed by atoms with Gasteiger partial charge in [0.05, 0.1) is 18.5 Å². The summed E-state index contributed by atoms with van der Waals surface area (Å²) in [5.41, 5.74) is 1.91. The second-order valence-corrected chi connectivity index (χ2v) is 4.26. The normalized spacial score (nSPS) is 14.8. The minimum Gasteiger partial charge on any atom is -0.497 e. The van der Waals surface area contributed by atoms with Gasteiger partial charge < -0.3 is 15.0 Å². The van der Waals surface area contributed by atoms with E-state index in [-0.39, 0.29) is 5.91 Å². The molecule has 1 saturated heterocycles. The molecule has 0 saturated carbocycles. The SMILES string of the molecule is COc1ccc(N2CCCC2)c(NC(C)=O)c1. The van der Waals surface area contributed by atoms with Crippen LogP contribution in [0.25, 0.3) is 0 Å². The van der Waals surface area contributed by atoms with Gasteiger partial charge >= 0.3 is 0 Å². The molecular formula is C13H18N2O2. The number of hydrogen-bond donors (Lipinski definition) is 1. The standard InChI is InChI=1S/C13H18N2O2/c1-10(16)14-12-9-11(17-2)5-6-13(12)15-7-3-4-8-15/h5-6,9H,3-4,7-8H2,1-2H3,(H,14,16). The van der Waals surface area contributed by atoms with E-state index in [0.29, 0.717) is 0 Å². The highest BCUT2D eigenvalue weighted by atomic mass is 16.5. The Morgan fingerprint density at radius 1 is 1.35 bits per heavy atom. The molecule has 1 aliphatic rings. The smallest absolute Gasteiger partial charge is 0.221 e. The summed E-state index contributed by atoms with van der Waals surface area (Å²) in [5, 5.41) is 2.86. The summed E-state index contributed by atoms with van der Waals surface area (Å²) < 4.78 is 5.18. The molecule has 0 radical (unpaired) electrons. The molecule has 1 heterocycles. The van der Waals surface area contributed by atoms with Gasteiger partial charge in [-0.05, 0) is 25.0 Å². The topological polar surface area (TPSA) is 41.6 Å². The molecule has 1 aliphatic heterocycles. The van der Waals surface area contributed by atoms with E-state index < -0.39 is 0 Å². The fourth-order valence-corrected chi connectivity index (χ4v) is 2.17. The fourth-order valence-electron chi connectivity index (χ4n) is 2.17. The zero-order chi connectivity index (χ0) is 12.3. The molecule has 1 aromatic rings. The molecule has 0 bridgehead atoms. The van der Waals surface area contributed by atoms with Crippen molar-refractivity contribution < 1.29 is 9.53 Å². The average Bonchev–Trinajstić information content (AvgIpc) is 2.81. The van der Waals surface area contributed by atoms with E-state index in [2.05, 4.69) is 10.2 Å². The van der Waals surface area contributed by atoms with Crippen molar-refractivity contribution in [3.63, 3.8) is 0 Å². The lowest BCUT2D eigenvalue weighted by Crippen LogP contribution is -2.20. The lowest BCUT2D eigenvalue weighted by molar-refractivity contribution is -0.114. The number of carbonyl (C=O) groups excluding carboxylic acids is 1. The quantitative estimate of drug-likeness (QED) is 0.872. The van der Waals surface area contributed by atoms with Crippen LogP contribution < -0.4 is 15.0 Å². The first-order valence-electron chi connectivity index (χ1n) is 5.91. The summed E-state index contributed by atoms with van der Waals surface area (Å²) in [6.45, 7) is 3.63. The number of carbonyl (C=O) groups is 1. The molecule has 1 N–H and O–H groups in total. The van der Waals surface area contributed by atoms with Crippen molar-refractivity contribution in [2.75, 3.05) is 30.4 Å². The van der Waals surface area contributed by atoms with Gasteiger partial charge in [-0.2, -0.15) is 0 Å². The first-order chi connectivity index (χ1) is 8.20. The Balaban J connectivity index is 2.31. The maximum atomic E-state index is 11.2. The molecule has 4 heteroatoms. The highest BCUT2D eigenvalue weighted by Crippen LogP contribution is 2.32. The number of methoxy groups -OCH3 is 1. The van der Waals surface area contributed by atoms with Gasteiger partial charge in [0, 0.05) is 26.1 Å². The van der Waals surface area contributed by atoms with E-state index in [1.54, 1.807) is 7.11 Å². The van der Waals surface area contributed by atoms with Crippen LogP contribution in [-0.2, 0) is 4.79 Å². The molecule has 4 nitrogen and oxygen atoms in total. The number of amides is 1. The number of ether oxygens (including phenoxy) is 1. The van der Waals surface area contributed by atoms with Crippen molar-refractivity contribution >= 4 is 17.3 Å². The lowest BCUT2D eigenvalue weighted by Gasteiger charge is -2.21. The fraction of sp³-hybridized carbons (Fsp3) is 0.462. The molecular weight excluding hydrogens is 216 g/mol. The van der Waals surface area contributed by atoms with Crippen LogP contribution in [0, 0.1) is 0 Å². The van der Waals surface area contributed by atoms with E-state index in [0.717, 1.165) is 30.2 Å². The van der Waals surface area contributed by atoms with Crippen LogP contribution in [0.2, 0.25) is 0 Å². The molecule has 0 aromatic heterocycles. The number of anilines is 2. The third kappa shape index (κ3) is 2.70. The van der Waals surface area contributed by atoms with Gasteiger partial charge in [-0.15, -0.1) is 0 Å². The van der Waals surface area contributed by atoms with Crippen LogP contribution in [0.1, 0.15) is 19.8 Å². The third-order valence-corrected chi connectivity index (χ3v) is 2.96. The van der Waals surface area contributed by atoms with Gasteiger partial charge in [-0.1, -0.05) is 0 Å². The van der Waals surface area contributed by atoms with E-state index >= 15 is 0 Å². The summed E-state index contributed by atoms with van der Waals surface area (Å²) in [6.07, 6.45) is 2.43. The highest BCUT2D eigenvalue weighted by Gasteiger charge is 2.16. The summed E-state index contributed by atoms with van der Waals surface area (Å²) in [6, 6.07) is 5.81. The molecule has 17 heavy (non-hydrogen) atoms. The Bertz CT molecular complexity index is 412. The monoisotopic (exact) mass is 234 g/mol. The van der Waals surface area contributed by atoms with E-state index in [9.17, 15) is 4.79 Å². The van der Waals surface area contributed by atoms with Crippen molar-refractivity contribution in [3.8, 4) is 5.75 Å². The third-order valence-electron chi connectivity index (χ3n) is 2.96. The summed E-state index contributed by atoms with van der Waals surface area (Å²) >= 11 is 0. The molecule has 2 rings (SSSR count). The Morgan fingerprint density at radius 2 is 2.06 bits per heavy atom. The van der Waals surface area contributed by atoms with E-state index in [4.69, 9.17) is 4.74 Å². The van der Waals surface area contributed by atoms with Gasteiger partial charge in [0.1, 0.15) is 5.75 Å². The zero-order valence-corrected chi connectivity index (χ0v) is 10.3. The van der Waals surface area contributed by atoms with Crippen molar-refractivity contribution in [2.24, 2.45) is 0 Å². The van der Waals surface area contributed by atoms with Gasteiger partial charge in [0.25, 0.3) is 0 Å². The first kappa shape index (κ1) is 11.8. The summed E-state index contributed by atoms with van der Waals surface area (Å²) in [5.74, 6) is 0.704. The number of hydrogen-bond acceptors (Lipinski definition) is 3. The number of nitrogens with zero attached hydrogens (tertiary/aromatic N) is 1. The first-order valence-corrected chi connectivity index (χ1v) is 5.91. The number of benzene rings is 1. The van der Waals surface area contributed by atoms with Crippen molar-refractivity contribution in [2.45, 2.75) is 19.8 Å². The maximum absolute atomic E-state index is 11.2. The molecule has 0 spiro atoms. The van der Waals surface area contributed by atoms with Gasteiger partial charge in [-0.25, -0.2) is 0 Å². The molecule has 0 unspecified atom stereocenters. The molecule has 1 fully saturated rings. The van der Waals surface area contributed by atoms with Gasteiger partial charge in [-0.3, -0.25) is 4.79 Å². The number of rotatable bonds is 3. The minimum absolute atomic E-state index is 0.0568. The number of nitrogens with one attached hydrogen (secondary N) is 1. The van der Waals surface area contributed by atoms with Crippen molar-refractivity contribution in [1.29, 1.82) is 0 Å². The van der Waals surface area contributed by atoms with Crippen LogP contribution >= 0.6 is 0 Å². The predicted molar refractivity (Wildman–Crippen MR) is 68.7 cm³/mol. The average molecular weight is 234 g/mol.